The number of hydrogen-bond acceptors (Lipinski definition) is 6. The molecule has 1 fully saturated rings. The number of hydrogen-bond donors (Lipinski definition) is 2. The standard InChI is InChI=1S/C11H11BrN2O3S3/c12-10-9(3-7(4-15)19-10)20(16,17)14-11-13-8(5-18-11)6-1-2-6/h3,5-6,15H,1-2,4H2,(H,13,14). The first-order valence-corrected chi connectivity index (χ1v) is 9.84. The van der Waals surface area contributed by atoms with E-state index in [1.54, 1.807) is 0 Å². The van der Waals surface area contributed by atoms with Crippen molar-refractivity contribution in [2.75, 3.05) is 4.72 Å². The Bertz CT molecular complexity index is 734. The van der Waals surface area contributed by atoms with Crippen molar-refractivity contribution >= 4 is 53.8 Å². The summed E-state index contributed by atoms with van der Waals surface area (Å²) in [6, 6.07) is 1.46. The van der Waals surface area contributed by atoms with E-state index < -0.39 is 10.0 Å². The number of thiazole rings is 1. The molecule has 0 aliphatic heterocycles. The van der Waals surface area contributed by atoms with Crippen LogP contribution in [-0.4, -0.2) is 18.5 Å². The Morgan fingerprint density at radius 1 is 1.50 bits per heavy atom. The van der Waals surface area contributed by atoms with E-state index in [2.05, 4.69) is 25.6 Å². The van der Waals surface area contributed by atoms with Crippen molar-refractivity contribution in [3.63, 3.8) is 0 Å². The van der Waals surface area contributed by atoms with Crippen LogP contribution in [0.25, 0.3) is 0 Å². The average Bonchev–Trinajstić information content (AvgIpc) is 3.02. The fraction of sp³-hybridized carbons (Fsp3) is 0.364. The molecule has 0 amide bonds. The number of aliphatic hydroxyl groups excluding tert-OH is 1. The Morgan fingerprint density at radius 3 is 2.85 bits per heavy atom. The van der Waals surface area contributed by atoms with Gasteiger partial charge in [-0.25, -0.2) is 13.4 Å². The smallest absolute Gasteiger partial charge is 0.265 e. The summed E-state index contributed by atoms with van der Waals surface area (Å²) in [5.41, 5.74) is 0.966. The van der Waals surface area contributed by atoms with Crippen LogP contribution >= 0.6 is 38.6 Å². The van der Waals surface area contributed by atoms with Crippen molar-refractivity contribution in [3.8, 4) is 0 Å². The van der Waals surface area contributed by atoms with E-state index in [0.717, 1.165) is 18.5 Å². The third-order valence-corrected chi connectivity index (χ3v) is 7.37. The average molecular weight is 395 g/mol. The van der Waals surface area contributed by atoms with Crippen LogP contribution in [-0.2, 0) is 16.6 Å². The number of aromatic nitrogens is 1. The number of nitrogens with one attached hydrogen (secondary N) is 1. The van der Waals surface area contributed by atoms with Gasteiger partial charge < -0.3 is 5.11 Å². The molecule has 0 spiro atoms. The zero-order valence-corrected chi connectivity index (χ0v) is 14.2. The maximum absolute atomic E-state index is 12.3. The molecule has 2 heterocycles. The van der Waals surface area contributed by atoms with Gasteiger partial charge in [-0.1, -0.05) is 0 Å². The van der Waals surface area contributed by atoms with Gasteiger partial charge in [0.2, 0.25) is 0 Å². The minimum atomic E-state index is -3.67. The minimum Gasteiger partial charge on any atom is -0.391 e. The molecular weight excluding hydrogens is 384 g/mol. The second-order valence-electron chi connectivity index (χ2n) is 4.47. The number of thiophene rings is 1. The Kier molecular flexibility index (Phi) is 3.89. The number of nitrogens with zero attached hydrogens (tertiary/aromatic N) is 1. The molecule has 108 valence electrons. The molecule has 0 bridgehead atoms. The molecule has 2 N–H and O–H groups in total. The molecule has 1 saturated carbocycles. The van der Waals surface area contributed by atoms with Crippen molar-refractivity contribution in [2.24, 2.45) is 0 Å². The van der Waals surface area contributed by atoms with Gasteiger partial charge in [0.1, 0.15) is 4.90 Å². The van der Waals surface area contributed by atoms with E-state index in [-0.39, 0.29) is 11.5 Å². The summed E-state index contributed by atoms with van der Waals surface area (Å²) in [6.07, 6.45) is 2.26. The maximum atomic E-state index is 12.3. The number of aliphatic hydroxyl groups is 1. The van der Waals surface area contributed by atoms with Gasteiger partial charge in [0.05, 0.1) is 16.1 Å². The topological polar surface area (TPSA) is 79.3 Å². The lowest BCUT2D eigenvalue weighted by Gasteiger charge is -2.03. The zero-order chi connectivity index (χ0) is 14.3. The number of sulfonamides is 1. The SMILES string of the molecule is O=S(=O)(Nc1nc(C2CC2)cs1)c1cc(CO)sc1Br. The highest BCUT2D eigenvalue weighted by molar-refractivity contribution is 9.11. The zero-order valence-electron chi connectivity index (χ0n) is 10.2. The molecule has 0 radical (unpaired) electrons. The second kappa shape index (κ2) is 5.38. The molecule has 0 saturated heterocycles. The lowest BCUT2D eigenvalue weighted by atomic mass is 10.3. The van der Waals surface area contributed by atoms with Crippen LogP contribution in [0.5, 0.6) is 0 Å². The molecule has 1 aliphatic rings. The summed E-state index contributed by atoms with van der Waals surface area (Å²) >= 11 is 5.71. The highest BCUT2D eigenvalue weighted by Crippen LogP contribution is 2.41. The highest BCUT2D eigenvalue weighted by Gasteiger charge is 2.27. The number of halogens is 1. The van der Waals surface area contributed by atoms with Gasteiger partial charge in [-0.3, -0.25) is 4.72 Å². The summed E-state index contributed by atoms with van der Waals surface area (Å²) in [7, 11) is -3.67. The van der Waals surface area contributed by atoms with Crippen LogP contribution in [0.1, 0.15) is 29.3 Å². The largest absolute Gasteiger partial charge is 0.391 e. The fourth-order valence-corrected chi connectivity index (χ4v) is 6.32. The van der Waals surface area contributed by atoms with Crippen molar-refractivity contribution in [1.82, 2.24) is 4.98 Å². The normalized spacial score (nSPS) is 15.5. The summed E-state index contributed by atoms with van der Waals surface area (Å²) in [5.74, 6) is 0.498. The van der Waals surface area contributed by atoms with Gasteiger partial charge in [0.25, 0.3) is 10.0 Å². The lowest BCUT2D eigenvalue weighted by molar-refractivity contribution is 0.285. The van der Waals surface area contributed by atoms with Gasteiger partial charge in [-0.05, 0) is 34.8 Å². The van der Waals surface area contributed by atoms with Gasteiger partial charge in [0.15, 0.2) is 5.13 Å². The third-order valence-electron chi connectivity index (χ3n) is 2.89. The van der Waals surface area contributed by atoms with Crippen LogP contribution in [0.15, 0.2) is 20.1 Å². The van der Waals surface area contributed by atoms with E-state index in [1.807, 2.05) is 5.38 Å². The first-order valence-electron chi connectivity index (χ1n) is 5.87. The molecule has 5 nitrogen and oxygen atoms in total. The predicted molar refractivity (Wildman–Crippen MR) is 82.8 cm³/mol. The number of anilines is 1. The molecule has 1 aliphatic carbocycles. The Labute approximate surface area is 132 Å². The molecule has 2 aromatic heterocycles. The molecule has 0 aromatic carbocycles. The van der Waals surface area contributed by atoms with Gasteiger partial charge in [-0.2, -0.15) is 0 Å². The summed E-state index contributed by atoms with van der Waals surface area (Å²) < 4.78 is 27.6. The van der Waals surface area contributed by atoms with Crippen LogP contribution in [0, 0.1) is 0 Å². The van der Waals surface area contributed by atoms with Crippen molar-refractivity contribution in [1.29, 1.82) is 0 Å². The van der Waals surface area contributed by atoms with Crippen molar-refractivity contribution in [2.45, 2.75) is 30.3 Å². The van der Waals surface area contributed by atoms with E-state index in [0.29, 0.717) is 19.7 Å². The van der Waals surface area contributed by atoms with E-state index in [9.17, 15) is 8.42 Å². The maximum Gasteiger partial charge on any atom is 0.265 e. The molecular formula is C11H11BrN2O3S3. The highest BCUT2D eigenvalue weighted by atomic mass is 79.9. The second-order valence-corrected chi connectivity index (χ2v) is 9.43. The fourth-order valence-electron chi connectivity index (χ4n) is 1.73. The lowest BCUT2D eigenvalue weighted by Crippen LogP contribution is -2.12. The first kappa shape index (κ1) is 14.5. The van der Waals surface area contributed by atoms with Gasteiger partial charge in [-0.15, -0.1) is 22.7 Å². The Morgan fingerprint density at radius 2 is 2.25 bits per heavy atom. The Balaban J connectivity index is 1.84. The third kappa shape index (κ3) is 2.91. The molecule has 3 rings (SSSR count). The number of rotatable bonds is 5. The van der Waals surface area contributed by atoms with E-state index >= 15 is 0 Å². The Hall–Kier alpha value is -0.480. The molecule has 20 heavy (non-hydrogen) atoms. The predicted octanol–water partition coefficient (Wildman–Crippen LogP) is 3.14. The summed E-state index contributed by atoms with van der Waals surface area (Å²) in [5, 5.41) is 11.4. The first-order chi connectivity index (χ1) is 9.49. The molecule has 0 unspecified atom stereocenters. The quantitative estimate of drug-likeness (QED) is 0.815. The molecule has 0 atom stereocenters. The van der Waals surface area contributed by atoms with Crippen molar-refractivity contribution in [3.05, 3.63) is 25.8 Å². The van der Waals surface area contributed by atoms with Crippen LogP contribution in [0.4, 0.5) is 5.13 Å². The van der Waals surface area contributed by atoms with Gasteiger partial charge in [0, 0.05) is 16.2 Å². The van der Waals surface area contributed by atoms with Crippen LogP contribution < -0.4 is 4.72 Å². The van der Waals surface area contributed by atoms with Gasteiger partial charge >= 0.3 is 0 Å². The summed E-state index contributed by atoms with van der Waals surface area (Å²) in [6.45, 7) is -0.179. The molecule has 2 aromatic rings. The van der Waals surface area contributed by atoms with E-state index in [4.69, 9.17) is 5.11 Å². The van der Waals surface area contributed by atoms with E-state index in [1.165, 1.54) is 28.7 Å². The van der Waals surface area contributed by atoms with Crippen LogP contribution in [0.3, 0.4) is 0 Å². The monoisotopic (exact) mass is 394 g/mol. The molecule has 9 heteroatoms. The summed E-state index contributed by atoms with van der Waals surface area (Å²) in [4.78, 5) is 5.03. The minimum absolute atomic E-state index is 0.134. The van der Waals surface area contributed by atoms with Crippen molar-refractivity contribution < 1.29 is 13.5 Å². The van der Waals surface area contributed by atoms with Crippen LogP contribution in [0.2, 0.25) is 0 Å².